The number of hydrogen-bond donors (Lipinski definition) is 2. The Morgan fingerprint density at radius 1 is 1.53 bits per heavy atom. The molecule has 0 fully saturated rings. The van der Waals surface area contributed by atoms with Crippen molar-refractivity contribution in [2.45, 2.75) is 13.5 Å². The average molecular weight is 232 g/mol. The highest BCUT2D eigenvalue weighted by atomic mass is 16.5. The number of pyridine rings is 1. The van der Waals surface area contributed by atoms with E-state index in [9.17, 15) is 4.79 Å². The zero-order valence-electron chi connectivity index (χ0n) is 9.30. The van der Waals surface area contributed by atoms with E-state index in [1.165, 1.54) is 0 Å². The van der Waals surface area contributed by atoms with Crippen LogP contribution in [0.25, 0.3) is 0 Å². The second-order valence-corrected chi connectivity index (χ2v) is 3.48. The molecule has 2 aromatic heterocycles. The van der Waals surface area contributed by atoms with Gasteiger partial charge in [0.1, 0.15) is 11.5 Å². The Bertz CT molecular complexity index is 495. The summed E-state index contributed by atoms with van der Waals surface area (Å²) in [4.78, 5) is 15.4. The summed E-state index contributed by atoms with van der Waals surface area (Å²) in [6, 6.07) is 4.96. The summed E-state index contributed by atoms with van der Waals surface area (Å²) in [5, 5.41) is 9.07. The van der Waals surface area contributed by atoms with Crippen molar-refractivity contribution < 1.29 is 9.32 Å². The van der Waals surface area contributed by atoms with Gasteiger partial charge < -0.3 is 15.2 Å². The highest BCUT2D eigenvalue weighted by Gasteiger charge is 2.04. The quantitative estimate of drug-likeness (QED) is 0.844. The van der Waals surface area contributed by atoms with Crippen molar-refractivity contribution >= 4 is 11.7 Å². The number of aryl methyl sites for hydroxylation is 1. The maximum Gasteiger partial charge on any atom is 0.319 e. The normalized spacial score (nSPS) is 9.94. The molecule has 2 heterocycles. The maximum atomic E-state index is 11.5. The van der Waals surface area contributed by atoms with Gasteiger partial charge in [-0.2, -0.15) is 0 Å². The van der Waals surface area contributed by atoms with Crippen molar-refractivity contribution in [1.29, 1.82) is 0 Å². The summed E-state index contributed by atoms with van der Waals surface area (Å²) >= 11 is 0. The largest absolute Gasteiger partial charge is 0.361 e. The van der Waals surface area contributed by atoms with Gasteiger partial charge in [-0.15, -0.1) is 0 Å². The molecule has 0 spiro atoms. The second kappa shape index (κ2) is 5.11. The molecule has 2 aromatic rings. The first-order valence-corrected chi connectivity index (χ1v) is 5.11. The van der Waals surface area contributed by atoms with Crippen LogP contribution in [0.3, 0.4) is 0 Å². The first kappa shape index (κ1) is 11.1. The molecule has 17 heavy (non-hydrogen) atoms. The van der Waals surface area contributed by atoms with Crippen LogP contribution < -0.4 is 10.6 Å². The minimum Gasteiger partial charge on any atom is -0.361 e. The second-order valence-electron chi connectivity index (χ2n) is 3.48. The summed E-state index contributed by atoms with van der Waals surface area (Å²) in [6.45, 7) is 2.12. The average Bonchev–Trinajstić information content (AvgIpc) is 2.74. The molecule has 88 valence electrons. The third kappa shape index (κ3) is 3.30. The first-order chi connectivity index (χ1) is 8.24. The van der Waals surface area contributed by atoms with E-state index in [-0.39, 0.29) is 6.03 Å². The molecule has 2 amide bonds. The molecular formula is C11H12N4O2. The van der Waals surface area contributed by atoms with Crippen molar-refractivity contribution in [2.24, 2.45) is 0 Å². The van der Waals surface area contributed by atoms with E-state index in [2.05, 4.69) is 20.8 Å². The van der Waals surface area contributed by atoms with Crippen LogP contribution in [0.1, 0.15) is 11.5 Å². The molecule has 0 saturated heterocycles. The molecule has 6 heteroatoms. The fraction of sp³-hybridized carbons (Fsp3) is 0.182. The summed E-state index contributed by atoms with van der Waals surface area (Å²) in [6.07, 6.45) is 3.21. The van der Waals surface area contributed by atoms with Gasteiger partial charge in [0.15, 0.2) is 0 Å². The van der Waals surface area contributed by atoms with E-state index in [4.69, 9.17) is 4.52 Å². The summed E-state index contributed by atoms with van der Waals surface area (Å²) in [5.41, 5.74) is 1.32. The van der Waals surface area contributed by atoms with Gasteiger partial charge in [-0.25, -0.2) is 4.79 Å². The zero-order valence-corrected chi connectivity index (χ0v) is 9.30. The van der Waals surface area contributed by atoms with E-state index < -0.39 is 0 Å². The van der Waals surface area contributed by atoms with Gasteiger partial charge in [-0.3, -0.25) is 4.98 Å². The Hall–Kier alpha value is -2.37. The van der Waals surface area contributed by atoms with Crippen LogP contribution in [-0.4, -0.2) is 16.2 Å². The standard InChI is InChI=1S/C11H12N4O2/c1-8-5-10(15-17-8)7-13-11(16)14-9-3-2-4-12-6-9/h2-6H,7H2,1H3,(H2,13,14,16). The summed E-state index contributed by atoms with van der Waals surface area (Å²) in [7, 11) is 0. The number of amides is 2. The van der Waals surface area contributed by atoms with Crippen molar-refractivity contribution in [1.82, 2.24) is 15.5 Å². The van der Waals surface area contributed by atoms with Gasteiger partial charge in [0.05, 0.1) is 18.4 Å². The first-order valence-electron chi connectivity index (χ1n) is 5.11. The van der Waals surface area contributed by atoms with E-state index in [1.54, 1.807) is 37.5 Å². The van der Waals surface area contributed by atoms with Gasteiger partial charge in [-0.05, 0) is 19.1 Å². The van der Waals surface area contributed by atoms with Crippen LogP contribution in [0.4, 0.5) is 10.5 Å². The zero-order chi connectivity index (χ0) is 12.1. The molecule has 6 nitrogen and oxygen atoms in total. The molecule has 2 rings (SSSR count). The lowest BCUT2D eigenvalue weighted by Crippen LogP contribution is -2.28. The van der Waals surface area contributed by atoms with Gasteiger partial charge in [0.25, 0.3) is 0 Å². The van der Waals surface area contributed by atoms with Crippen molar-refractivity contribution in [2.75, 3.05) is 5.32 Å². The Labute approximate surface area is 98.0 Å². The SMILES string of the molecule is Cc1cc(CNC(=O)Nc2cccnc2)no1. The predicted molar refractivity (Wildman–Crippen MR) is 61.3 cm³/mol. The van der Waals surface area contributed by atoms with E-state index in [0.717, 1.165) is 5.76 Å². The highest BCUT2D eigenvalue weighted by molar-refractivity contribution is 5.88. The molecule has 0 aliphatic heterocycles. The number of anilines is 1. The number of nitrogens with zero attached hydrogens (tertiary/aromatic N) is 2. The molecular weight excluding hydrogens is 220 g/mol. The smallest absolute Gasteiger partial charge is 0.319 e. The van der Waals surface area contributed by atoms with E-state index in [0.29, 0.717) is 17.9 Å². The van der Waals surface area contributed by atoms with Crippen LogP contribution in [0.2, 0.25) is 0 Å². The van der Waals surface area contributed by atoms with Crippen molar-refractivity contribution in [3.05, 3.63) is 42.0 Å². The monoisotopic (exact) mass is 232 g/mol. The molecule has 0 radical (unpaired) electrons. The Kier molecular flexibility index (Phi) is 3.34. The minimum absolute atomic E-state index is 0.307. The van der Waals surface area contributed by atoms with Crippen molar-refractivity contribution in [3.63, 3.8) is 0 Å². The number of carbonyl (C=O) groups is 1. The molecule has 0 saturated carbocycles. The molecule has 0 atom stereocenters. The fourth-order valence-corrected chi connectivity index (χ4v) is 1.28. The predicted octanol–water partition coefficient (Wildman–Crippen LogP) is 1.70. The minimum atomic E-state index is -0.307. The molecule has 0 unspecified atom stereocenters. The lowest BCUT2D eigenvalue weighted by Gasteiger charge is -2.04. The van der Waals surface area contributed by atoms with E-state index in [1.807, 2.05) is 0 Å². The lowest BCUT2D eigenvalue weighted by atomic mass is 10.4. The molecule has 2 N–H and O–H groups in total. The number of nitrogens with one attached hydrogen (secondary N) is 2. The molecule has 0 aliphatic rings. The fourth-order valence-electron chi connectivity index (χ4n) is 1.28. The Morgan fingerprint density at radius 2 is 2.41 bits per heavy atom. The van der Waals surface area contributed by atoms with Crippen LogP contribution in [0.5, 0.6) is 0 Å². The highest BCUT2D eigenvalue weighted by Crippen LogP contribution is 2.03. The summed E-state index contributed by atoms with van der Waals surface area (Å²) in [5.74, 6) is 0.717. The summed E-state index contributed by atoms with van der Waals surface area (Å²) < 4.78 is 4.88. The van der Waals surface area contributed by atoms with Gasteiger partial charge in [0, 0.05) is 12.3 Å². The number of aromatic nitrogens is 2. The van der Waals surface area contributed by atoms with Gasteiger partial charge >= 0.3 is 6.03 Å². The third-order valence-electron chi connectivity index (χ3n) is 2.03. The van der Waals surface area contributed by atoms with Crippen LogP contribution >= 0.6 is 0 Å². The third-order valence-corrected chi connectivity index (χ3v) is 2.03. The maximum absolute atomic E-state index is 11.5. The Balaban J connectivity index is 1.82. The molecule has 0 aromatic carbocycles. The topological polar surface area (TPSA) is 80.0 Å². The van der Waals surface area contributed by atoms with Crippen molar-refractivity contribution in [3.8, 4) is 0 Å². The van der Waals surface area contributed by atoms with Gasteiger partial charge in [0.2, 0.25) is 0 Å². The van der Waals surface area contributed by atoms with E-state index >= 15 is 0 Å². The number of urea groups is 1. The van der Waals surface area contributed by atoms with Crippen LogP contribution in [0, 0.1) is 6.92 Å². The number of carbonyl (C=O) groups excluding carboxylic acids is 1. The number of hydrogen-bond acceptors (Lipinski definition) is 4. The molecule has 0 bridgehead atoms. The number of rotatable bonds is 3. The molecule has 0 aliphatic carbocycles. The van der Waals surface area contributed by atoms with Crippen LogP contribution in [0.15, 0.2) is 35.1 Å². The van der Waals surface area contributed by atoms with Gasteiger partial charge in [-0.1, -0.05) is 5.16 Å². The Morgan fingerprint density at radius 3 is 3.06 bits per heavy atom. The lowest BCUT2D eigenvalue weighted by molar-refractivity contribution is 0.251. The van der Waals surface area contributed by atoms with Crippen LogP contribution in [-0.2, 0) is 6.54 Å².